The molecule has 18 heavy (non-hydrogen) atoms. The first-order valence-corrected chi connectivity index (χ1v) is 6.03. The first-order valence-electron chi connectivity index (χ1n) is 6.03. The van der Waals surface area contributed by atoms with E-state index in [2.05, 4.69) is 15.8 Å². The van der Waals surface area contributed by atoms with Crippen LogP contribution in [0.4, 0.5) is 0 Å². The molecule has 0 saturated carbocycles. The lowest BCUT2D eigenvalue weighted by molar-refractivity contribution is -0.120. The molecule has 1 rings (SSSR count). The number of aromatic nitrogens is 1. The average molecular weight is 255 g/mol. The second kappa shape index (κ2) is 7.84. The van der Waals surface area contributed by atoms with E-state index in [1.807, 2.05) is 13.8 Å². The van der Waals surface area contributed by atoms with Crippen LogP contribution in [0.2, 0.25) is 0 Å². The zero-order chi connectivity index (χ0) is 13.4. The third kappa shape index (κ3) is 4.85. The van der Waals surface area contributed by atoms with Crippen molar-refractivity contribution < 1.29 is 14.1 Å². The molecule has 0 aliphatic carbocycles. The predicted octanol–water partition coefficient (Wildman–Crippen LogP) is 0.186. The van der Waals surface area contributed by atoms with E-state index < -0.39 is 0 Å². The Labute approximate surface area is 107 Å². The molecular weight excluding hydrogens is 234 g/mol. The molecule has 0 fully saturated rings. The summed E-state index contributed by atoms with van der Waals surface area (Å²) in [6.45, 7) is 6.45. The topological polar surface area (TPSA) is 76.4 Å². The van der Waals surface area contributed by atoms with Crippen molar-refractivity contribution in [1.29, 1.82) is 0 Å². The van der Waals surface area contributed by atoms with Gasteiger partial charge in [-0.3, -0.25) is 4.79 Å². The normalized spacial score (nSPS) is 10.6. The highest BCUT2D eigenvalue weighted by Crippen LogP contribution is 2.12. The number of ether oxygens (including phenoxy) is 1. The van der Waals surface area contributed by atoms with Crippen molar-refractivity contribution in [3.63, 3.8) is 0 Å². The van der Waals surface area contributed by atoms with Gasteiger partial charge in [-0.25, -0.2) is 0 Å². The molecular formula is C12H21N3O3. The van der Waals surface area contributed by atoms with Crippen LogP contribution < -0.4 is 10.6 Å². The summed E-state index contributed by atoms with van der Waals surface area (Å²) < 4.78 is 9.91. The van der Waals surface area contributed by atoms with Crippen molar-refractivity contribution >= 4 is 5.91 Å². The van der Waals surface area contributed by atoms with Crippen molar-refractivity contribution in [2.75, 3.05) is 33.4 Å². The number of aryl methyl sites for hydroxylation is 2. The largest absolute Gasteiger partial charge is 0.383 e. The van der Waals surface area contributed by atoms with Crippen molar-refractivity contribution in [1.82, 2.24) is 15.8 Å². The second-order valence-electron chi connectivity index (χ2n) is 4.07. The van der Waals surface area contributed by atoms with Gasteiger partial charge in [0.15, 0.2) is 0 Å². The maximum Gasteiger partial charge on any atom is 0.224 e. The zero-order valence-electron chi connectivity index (χ0n) is 11.2. The lowest BCUT2D eigenvalue weighted by Crippen LogP contribution is -2.34. The van der Waals surface area contributed by atoms with Gasteiger partial charge in [-0.05, 0) is 13.8 Å². The summed E-state index contributed by atoms with van der Waals surface area (Å²) in [5, 5.41) is 9.81. The van der Waals surface area contributed by atoms with Crippen molar-refractivity contribution in [3.8, 4) is 0 Å². The molecule has 2 N–H and O–H groups in total. The number of hydrogen-bond acceptors (Lipinski definition) is 5. The summed E-state index contributed by atoms with van der Waals surface area (Å²) in [5.74, 6) is 0.693. The van der Waals surface area contributed by atoms with Crippen LogP contribution in [0, 0.1) is 13.8 Å². The van der Waals surface area contributed by atoms with E-state index in [-0.39, 0.29) is 5.91 Å². The molecule has 0 atom stereocenters. The molecule has 0 aliphatic heterocycles. The van der Waals surface area contributed by atoms with Crippen LogP contribution in [-0.4, -0.2) is 44.4 Å². The molecule has 6 heteroatoms. The van der Waals surface area contributed by atoms with E-state index in [9.17, 15) is 4.79 Å². The van der Waals surface area contributed by atoms with Crippen LogP contribution in [0.1, 0.15) is 17.0 Å². The standard InChI is InChI=1S/C12H21N3O3/c1-9-11(10(2)18-15-9)8-12(16)14-5-4-13-6-7-17-3/h13H,4-8H2,1-3H3,(H,14,16). The first kappa shape index (κ1) is 14.7. The Balaban J connectivity index is 2.18. The SMILES string of the molecule is COCCNCCNC(=O)Cc1c(C)noc1C. The molecule has 0 unspecified atom stereocenters. The highest BCUT2D eigenvalue weighted by Gasteiger charge is 2.12. The number of nitrogens with zero attached hydrogens (tertiary/aromatic N) is 1. The van der Waals surface area contributed by atoms with Crippen molar-refractivity contribution in [3.05, 3.63) is 17.0 Å². The van der Waals surface area contributed by atoms with Crippen LogP contribution in [0.25, 0.3) is 0 Å². The molecule has 0 aliphatic rings. The Morgan fingerprint density at radius 3 is 2.72 bits per heavy atom. The van der Waals surface area contributed by atoms with E-state index in [0.29, 0.717) is 25.3 Å². The Hall–Kier alpha value is -1.40. The molecule has 1 amide bonds. The lowest BCUT2D eigenvalue weighted by atomic mass is 10.1. The van der Waals surface area contributed by atoms with Crippen LogP contribution in [-0.2, 0) is 16.0 Å². The highest BCUT2D eigenvalue weighted by molar-refractivity contribution is 5.78. The number of carbonyl (C=O) groups is 1. The Kier molecular flexibility index (Phi) is 6.38. The maximum absolute atomic E-state index is 11.7. The van der Waals surface area contributed by atoms with Gasteiger partial charge in [0.05, 0.1) is 18.7 Å². The molecule has 1 aromatic rings. The number of amides is 1. The third-order valence-electron chi connectivity index (χ3n) is 2.63. The monoisotopic (exact) mass is 255 g/mol. The minimum Gasteiger partial charge on any atom is -0.383 e. The Morgan fingerprint density at radius 1 is 1.33 bits per heavy atom. The van der Waals surface area contributed by atoms with Gasteiger partial charge in [-0.15, -0.1) is 0 Å². The summed E-state index contributed by atoms with van der Waals surface area (Å²) in [6.07, 6.45) is 0.319. The predicted molar refractivity (Wildman–Crippen MR) is 67.4 cm³/mol. The van der Waals surface area contributed by atoms with Crippen LogP contribution >= 0.6 is 0 Å². The lowest BCUT2D eigenvalue weighted by Gasteiger charge is -2.06. The summed E-state index contributed by atoms with van der Waals surface area (Å²) >= 11 is 0. The molecule has 102 valence electrons. The van der Waals surface area contributed by atoms with Crippen LogP contribution in [0.15, 0.2) is 4.52 Å². The Morgan fingerprint density at radius 2 is 2.11 bits per heavy atom. The van der Waals surface area contributed by atoms with E-state index >= 15 is 0 Å². The summed E-state index contributed by atoms with van der Waals surface area (Å²) in [7, 11) is 1.66. The summed E-state index contributed by atoms with van der Waals surface area (Å²) in [4.78, 5) is 11.7. The van der Waals surface area contributed by atoms with Crippen molar-refractivity contribution in [2.45, 2.75) is 20.3 Å². The quantitative estimate of drug-likeness (QED) is 0.648. The van der Waals surface area contributed by atoms with Gasteiger partial charge in [0, 0.05) is 32.3 Å². The molecule has 0 saturated heterocycles. The fourth-order valence-corrected chi connectivity index (χ4v) is 1.57. The van der Waals surface area contributed by atoms with Gasteiger partial charge in [-0.1, -0.05) is 5.16 Å². The minimum atomic E-state index is -0.0158. The number of methoxy groups -OCH3 is 1. The minimum absolute atomic E-state index is 0.0158. The van der Waals surface area contributed by atoms with Gasteiger partial charge in [0.1, 0.15) is 5.76 Å². The van der Waals surface area contributed by atoms with Crippen LogP contribution in [0.5, 0.6) is 0 Å². The molecule has 0 radical (unpaired) electrons. The number of nitrogens with one attached hydrogen (secondary N) is 2. The zero-order valence-corrected chi connectivity index (χ0v) is 11.2. The fourth-order valence-electron chi connectivity index (χ4n) is 1.57. The van der Waals surface area contributed by atoms with Crippen molar-refractivity contribution in [2.24, 2.45) is 0 Å². The molecule has 0 bridgehead atoms. The molecule has 1 heterocycles. The van der Waals surface area contributed by atoms with Gasteiger partial charge < -0.3 is 19.9 Å². The summed E-state index contributed by atoms with van der Waals surface area (Å²) in [5.41, 5.74) is 1.65. The molecule has 1 aromatic heterocycles. The summed E-state index contributed by atoms with van der Waals surface area (Å²) in [6, 6.07) is 0. The van der Waals surface area contributed by atoms with Gasteiger partial charge in [0.25, 0.3) is 0 Å². The van der Waals surface area contributed by atoms with E-state index in [1.165, 1.54) is 0 Å². The maximum atomic E-state index is 11.7. The van der Waals surface area contributed by atoms with Gasteiger partial charge >= 0.3 is 0 Å². The molecule has 0 aromatic carbocycles. The van der Waals surface area contributed by atoms with E-state index in [1.54, 1.807) is 7.11 Å². The smallest absolute Gasteiger partial charge is 0.224 e. The van der Waals surface area contributed by atoms with Gasteiger partial charge in [-0.2, -0.15) is 0 Å². The molecule has 0 spiro atoms. The third-order valence-corrected chi connectivity index (χ3v) is 2.63. The average Bonchev–Trinajstić information content (AvgIpc) is 2.65. The van der Waals surface area contributed by atoms with Crippen LogP contribution in [0.3, 0.4) is 0 Å². The van der Waals surface area contributed by atoms with Gasteiger partial charge in [0.2, 0.25) is 5.91 Å². The molecule has 6 nitrogen and oxygen atoms in total. The second-order valence-corrected chi connectivity index (χ2v) is 4.07. The Bertz CT molecular complexity index is 357. The highest BCUT2D eigenvalue weighted by atomic mass is 16.5. The number of carbonyl (C=O) groups excluding carboxylic acids is 1. The van der Waals surface area contributed by atoms with E-state index in [4.69, 9.17) is 9.26 Å². The number of hydrogen-bond donors (Lipinski definition) is 2. The van der Waals surface area contributed by atoms with E-state index in [0.717, 1.165) is 24.3 Å². The first-order chi connectivity index (χ1) is 8.65. The fraction of sp³-hybridized carbons (Fsp3) is 0.667. The number of rotatable bonds is 8.